The van der Waals surface area contributed by atoms with E-state index in [1.807, 2.05) is 42.5 Å². The fourth-order valence-electron chi connectivity index (χ4n) is 3.18. The number of nitrogens with one attached hydrogen (secondary N) is 1. The van der Waals surface area contributed by atoms with Gasteiger partial charge >= 0.3 is 5.97 Å². The summed E-state index contributed by atoms with van der Waals surface area (Å²) in [6.07, 6.45) is 2.85. The molecule has 1 amide bonds. The molecule has 1 atom stereocenters. The van der Waals surface area contributed by atoms with Gasteiger partial charge in [-0.25, -0.2) is 0 Å². The van der Waals surface area contributed by atoms with Gasteiger partial charge in [0.2, 0.25) is 0 Å². The van der Waals surface area contributed by atoms with Crippen LogP contribution in [-0.4, -0.2) is 17.0 Å². The molecule has 0 bridgehead atoms. The molecule has 23 heavy (non-hydrogen) atoms. The van der Waals surface area contributed by atoms with E-state index in [0.717, 1.165) is 30.4 Å². The number of aliphatic carboxylic acids is 1. The quantitative estimate of drug-likeness (QED) is 0.892. The highest BCUT2D eigenvalue weighted by Gasteiger charge is 2.22. The first-order valence-electron chi connectivity index (χ1n) is 7.83. The Morgan fingerprint density at radius 1 is 1.04 bits per heavy atom. The van der Waals surface area contributed by atoms with Crippen molar-refractivity contribution in [3.05, 3.63) is 70.8 Å². The van der Waals surface area contributed by atoms with Crippen molar-refractivity contribution in [3.63, 3.8) is 0 Å². The molecule has 0 aliphatic heterocycles. The zero-order valence-corrected chi connectivity index (χ0v) is 12.8. The molecule has 0 heterocycles. The van der Waals surface area contributed by atoms with E-state index in [0.29, 0.717) is 5.56 Å². The topological polar surface area (TPSA) is 66.4 Å². The number of amides is 1. The second-order valence-corrected chi connectivity index (χ2v) is 5.83. The Hall–Kier alpha value is -2.62. The number of hydrogen-bond acceptors (Lipinski definition) is 2. The van der Waals surface area contributed by atoms with E-state index >= 15 is 0 Å². The molecule has 3 rings (SSSR count). The second-order valence-electron chi connectivity index (χ2n) is 5.83. The van der Waals surface area contributed by atoms with Crippen molar-refractivity contribution in [1.82, 2.24) is 5.32 Å². The lowest BCUT2D eigenvalue weighted by Gasteiger charge is -2.18. The standard InChI is InChI=1S/C19H19NO3/c21-18(22)12-17(14-6-2-1-3-7-14)20-19(23)16-11-5-9-13-8-4-10-15(13)16/h1-3,5-7,9,11,17H,4,8,10,12H2,(H,20,23)(H,21,22). The Morgan fingerprint density at radius 3 is 2.57 bits per heavy atom. The molecule has 2 aromatic carbocycles. The number of carbonyl (C=O) groups excluding carboxylic acids is 1. The van der Waals surface area contributed by atoms with Gasteiger partial charge in [0.1, 0.15) is 0 Å². The van der Waals surface area contributed by atoms with E-state index < -0.39 is 12.0 Å². The van der Waals surface area contributed by atoms with Gasteiger partial charge in [0.15, 0.2) is 0 Å². The number of rotatable bonds is 5. The zero-order chi connectivity index (χ0) is 16.2. The van der Waals surface area contributed by atoms with Crippen LogP contribution in [0, 0.1) is 0 Å². The molecule has 0 aromatic heterocycles. The predicted molar refractivity (Wildman–Crippen MR) is 87.4 cm³/mol. The van der Waals surface area contributed by atoms with Crippen LogP contribution in [0.1, 0.15) is 45.9 Å². The summed E-state index contributed by atoms with van der Waals surface area (Å²) in [4.78, 5) is 23.8. The summed E-state index contributed by atoms with van der Waals surface area (Å²) in [6.45, 7) is 0. The van der Waals surface area contributed by atoms with Gasteiger partial charge in [-0.15, -0.1) is 0 Å². The zero-order valence-electron chi connectivity index (χ0n) is 12.8. The molecule has 0 saturated carbocycles. The third-order valence-corrected chi connectivity index (χ3v) is 4.28. The summed E-state index contributed by atoms with van der Waals surface area (Å²) in [7, 11) is 0. The van der Waals surface area contributed by atoms with Gasteiger partial charge in [-0.1, -0.05) is 42.5 Å². The number of carbonyl (C=O) groups is 2. The summed E-state index contributed by atoms with van der Waals surface area (Å²) < 4.78 is 0. The number of hydrogen-bond donors (Lipinski definition) is 2. The molecule has 1 unspecified atom stereocenters. The van der Waals surface area contributed by atoms with Crippen LogP contribution in [0.2, 0.25) is 0 Å². The van der Waals surface area contributed by atoms with Crippen molar-refractivity contribution >= 4 is 11.9 Å². The molecule has 1 aliphatic rings. The fourth-order valence-corrected chi connectivity index (χ4v) is 3.18. The molecule has 4 heteroatoms. The maximum atomic E-state index is 12.7. The third kappa shape index (κ3) is 3.42. The molecule has 1 aliphatic carbocycles. The van der Waals surface area contributed by atoms with E-state index in [9.17, 15) is 9.59 Å². The first-order chi connectivity index (χ1) is 11.1. The second kappa shape index (κ2) is 6.65. The molecule has 0 fully saturated rings. The van der Waals surface area contributed by atoms with Gasteiger partial charge in [-0.05, 0) is 42.0 Å². The highest BCUT2D eigenvalue weighted by atomic mass is 16.4. The van der Waals surface area contributed by atoms with Crippen molar-refractivity contribution in [2.75, 3.05) is 0 Å². The number of benzene rings is 2. The van der Waals surface area contributed by atoms with Gasteiger partial charge in [-0.3, -0.25) is 9.59 Å². The van der Waals surface area contributed by atoms with E-state index in [1.165, 1.54) is 5.56 Å². The van der Waals surface area contributed by atoms with Gasteiger partial charge in [0.25, 0.3) is 5.91 Å². The Balaban J connectivity index is 1.84. The first-order valence-corrected chi connectivity index (χ1v) is 7.83. The van der Waals surface area contributed by atoms with Crippen molar-refractivity contribution < 1.29 is 14.7 Å². The van der Waals surface area contributed by atoms with Crippen LogP contribution in [-0.2, 0) is 17.6 Å². The number of aryl methyl sites for hydroxylation is 1. The van der Waals surface area contributed by atoms with Gasteiger partial charge in [0, 0.05) is 5.56 Å². The number of fused-ring (bicyclic) bond motifs is 1. The van der Waals surface area contributed by atoms with Crippen LogP contribution < -0.4 is 5.32 Å². The first kappa shape index (κ1) is 15.3. The minimum absolute atomic E-state index is 0.134. The summed E-state index contributed by atoms with van der Waals surface area (Å²) >= 11 is 0. The SMILES string of the molecule is O=C(O)CC(NC(=O)c1cccc2c1CCC2)c1ccccc1. The maximum Gasteiger partial charge on any atom is 0.305 e. The largest absolute Gasteiger partial charge is 0.481 e. The Bertz CT molecular complexity index is 725. The van der Waals surface area contributed by atoms with Crippen LogP contribution >= 0.6 is 0 Å². The van der Waals surface area contributed by atoms with Gasteiger partial charge in [-0.2, -0.15) is 0 Å². The lowest BCUT2D eigenvalue weighted by molar-refractivity contribution is -0.137. The summed E-state index contributed by atoms with van der Waals surface area (Å²) in [5.74, 6) is -1.13. The molecule has 2 N–H and O–H groups in total. The molecular weight excluding hydrogens is 290 g/mol. The average molecular weight is 309 g/mol. The third-order valence-electron chi connectivity index (χ3n) is 4.28. The minimum Gasteiger partial charge on any atom is -0.481 e. The van der Waals surface area contributed by atoms with Crippen molar-refractivity contribution in [1.29, 1.82) is 0 Å². The van der Waals surface area contributed by atoms with Crippen LogP contribution in [0.5, 0.6) is 0 Å². The molecule has 0 radical (unpaired) electrons. The van der Waals surface area contributed by atoms with Gasteiger partial charge < -0.3 is 10.4 Å². The number of carboxylic acids is 1. The molecule has 0 saturated heterocycles. The highest BCUT2D eigenvalue weighted by Crippen LogP contribution is 2.26. The average Bonchev–Trinajstić information content (AvgIpc) is 3.03. The van der Waals surface area contributed by atoms with Crippen LogP contribution in [0.3, 0.4) is 0 Å². The highest BCUT2D eigenvalue weighted by molar-refractivity contribution is 5.96. The smallest absolute Gasteiger partial charge is 0.305 e. The Morgan fingerprint density at radius 2 is 1.83 bits per heavy atom. The Kier molecular flexibility index (Phi) is 4.42. The molecular formula is C19H19NO3. The van der Waals surface area contributed by atoms with E-state index in [4.69, 9.17) is 5.11 Å². The van der Waals surface area contributed by atoms with Crippen molar-refractivity contribution in [2.24, 2.45) is 0 Å². The summed E-state index contributed by atoms with van der Waals surface area (Å²) in [5.41, 5.74) is 3.81. The molecule has 4 nitrogen and oxygen atoms in total. The van der Waals surface area contributed by atoms with Crippen LogP contribution in [0.15, 0.2) is 48.5 Å². The minimum atomic E-state index is -0.933. The van der Waals surface area contributed by atoms with Crippen molar-refractivity contribution in [2.45, 2.75) is 31.7 Å². The lowest BCUT2D eigenvalue weighted by Crippen LogP contribution is -2.30. The van der Waals surface area contributed by atoms with E-state index in [2.05, 4.69) is 11.4 Å². The summed E-state index contributed by atoms with van der Waals surface area (Å²) in [5, 5.41) is 12.0. The molecule has 118 valence electrons. The number of carboxylic acid groups (broad SMARTS) is 1. The maximum absolute atomic E-state index is 12.7. The molecule has 2 aromatic rings. The predicted octanol–water partition coefficient (Wildman–Crippen LogP) is 3.12. The fraction of sp³-hybridized carbons (Fsp3) is 0.263. The normalized spacial score (nSPS) is 14.1. The van der Waals surface area contributed by atoms with Gasteiger partial charge in [0.05, 0.1) is 12.5 Å². The lowest BCUT2D eigenvalue weighted by atomic mass is 10.00. The summed E-state index contributed by atoms with van der Waals surface area (Å²) in [6, 6.07) is 14.5. The van der Waals surface area contributed by atoms with Crippen LogP contribution in [0.25, 0.3) is 0 Å². The molecule has 0 spiro atoms. The van der Waals surface area contributed by atoms with E-state index in [-0.39, 0.29) is 12.3 Å². The van der Waals surface area contributed by atoms with E-state index in [1.54, 1.807) is 0 Å². The van der Waals surface area contributed by atoms with Crippen LogP contribution in [0.4, 0.5) is 0 Å². The monoisotopic (exact) mass is 309 g/mol. The Labute approximate surface area is 135 Å². The van der Waals surface area contributed by atoms with Crippen molar-refractivity contribution in [3.8, 4) is 0 Å².